The van der Waals surface area contributed by atoms with Crippen LogP contribution in [0, 0.1) is 0 Å². The van der Waals surface area contributed by atoms with Crippen molar-refractivity contribution in [1.82, 2.24) is 5.32 Å². The summed E-state index contributed by atoms with van der Waals surface area (Å²) in [5.41, 5.74) is 5.85. The van der Waals surface area contributed by atoms with Crippen LogP contribution in [0.25, 0.3) is 0 Å². The summed E-state index contributed by atoms with van der Waals surface area (Å²) in [7, 11) is 0. The molecule has 0 aliphatic rings. The second kappa shape index (κ2) is 9.86. The summed E-state index contributed by atoms with van der Waals surface area (Å²) >= 11 is 0. The molecule has 1 aromatic carbocycles. The van der Waals surface area contributed by atoms with Crippen molar-refractivity contribution in [3.8, 4) is 0 Å². The van der Waals surface area contributed by atoms with Crippen LogP contribution in [0.15, 0.2) is 29.3 Å². The molecule has 0 aliphatic carbocycles. The number of hydrogen-bond acceptors (Lipinski definition) is 1. The smallest absolute Gasteiger partial charge is 0.370 e. The monoisotopic (exact) mass is 415 g/mol. The average Bonchev–Trinajstić information content (AvgIpc) is 2.38. The van der Waals surface area contributed by atoms with E-state index in [0.29, 0.717) is 25.5 Å². The van der Waals surface area contributed by atoms with E-state index in [1.165, 1.54) is 12.1 Å². The van der Waals surface area contributed by atoms with Gasteiger partial charge in [0, 0.05) is 13.1 Å². The molecule has 0 unspecified atom stereocenters. The van der Waals surface area contributed by atoms with Crippen molar-refractivity contribution in [3.05, 3.63) is 35.4 Å². The largest absolute Gasteiger partial charge is 0.416 e. The summed E-state index contributed by atoms with van der Waals surface area (Å²) < 4.78 is 37.1. The zero-order chi connectivity index (χ0) is 15.0. The third-order valence-corrected chi connectivity index (χ3v) is 2.79. The van der Waals surface area contributed by atoms with Crippen LogP contribution in [-0.2, 0) is 12.6 Å². The average molecular weight is 415 g/mol. The Morgan fingerprint density at radius 3 is 2.38 bits per heavy atom. The molecule has 3 nitrogen and oxygen atoms in total. The zero-order valence-electron chi connectivity index (χ0n) is 11.9. The molecule has 21 heavy (non-hydrogen) atoms. The molecule has 1 rings (SSSR count). The quantitative estimate of drug-likeness (QED) is 0.323. The second-order valence-electron chi connectivity index (χ2n) is 4.49. The molecular weight excluding hydrogens is 394 g/mol. The molecule has 0 amide bonds. The first kappa shape index (κ1) is 20.0. The predicted molar refractivity (Wildman–Crippen MR) is 90.0 cm³/mol. The molecule has 0 saturated carbocycles. The summed E-state index contributed by atoms with van der Waals surface area (Å²) in [4.78, 5) is 4.13. The van der Waals surface area contributed by atoms with Crippen LogP contribution in [0.2, 0.25) is 0 Å². The van der Waals surface area contributed by atoms with E-state index in [9.17, 15) is 13.2 Å². The fourth-order valence-corrected chi connectivity index (χ4v) is 1.61. The molecule has 7 heteroatoms. The van der Waals surface area contributed by atoms with Crippen LogP contribution in [0.4, 0.5) is 13.2 Å². The molecule has 3 N–H and O–H groups in total. The van der Waals surface area contributed by atoms with E-state index < -0.39 is 11.7 Å². The second-order valence-corrected chi connectivity index (χ2v) is 4.49. The van der Waals surface area contributed by atoms with Gasteiger partial charge in [-0.05, 0) is 30.5 Å². The number of nitrogens with two attached hydrogens (primary N) is 1. The molecule has 0 aliphatic heterocycles. The van der Waals surface area contributed by atoms with Crippen molar-refractivity contribution in [2.45, 2.75) is 32.4 Å². The predicted octanol–water partition coefficient (Wildman–Crippen LogP) is 3.57. The van der Waals surface area contributed by atoms with E-state index in [1.807, 2.05) is 0 Å². The van der Waals surface area contributed by atoms with Gasteiger partial charge in [-0.2, -0.15) is 13.2 Å². The van der Waals surface area contributed by atoms with Gasteiger partial charge in [0.25, 0.3) is 0 Å². The number of unbranched alkanes of at least 4 members (excludes halogenated alkanes) is 1. The number of guanidine groups is 1. The number of rotatable bonds is 6. The summed E-state index contributed by atoms with van der Waals surface area (Å²) in [6.45, 7) is 3.31. The molecule has 0 spiro atoms. The van der Waals surface area contributed by atoms with Gasteiger partial charge in [-0.15, -0.1) is 24.0 Å². The molecule has 0 atom stereocenters. The number of nitrogens with one attached hydrogen (secondary N) is 1. The van der Waals surface area contributed by atoms with Crippen molar-refractivity contribution in [2.75, 3.05) is 13.1 Å². The van der Waals surface area contributed by atoms with E-state index in [4.69, 9.17) is 5.73 Å². The van der Waals surface area contributed by atoms with Gasteiger partial charge in [0.15, 0.2) is 5.96 Å². The lowest BCUT2D eigenvalue weighted by Crippen LogP contribution is -2.33. The zero-order valence-corrected chi connectivity index (χ0v) is 14.2. The number of halogens is 4. The Hall–Kier alpha value is -0.990. The number of alkyl halides is 3. The molecule has 1 aromatic rings. The van der Waals surface area contributed by atoms with Crippen molar-refractivity contribution in [1.29, 1.82) is 0 Å². The normalized spacial score (nSPS) is 11.9. The molecule has 120 valence electrons. The Bertz CT molecular complexity index is 430. The highest BCUT2D eigenvalue weighted by atomic mass is 127. The van der Waals surface area contributed by atoms with Gasteiger partial charge < -0.3 is 11.1 Å². The maximum Gasteiger partial charge on any atom is 0.416 e. The first-order valence-electron chi connectivity index (χ1n) is 6.63. The lowest BCUT2D eigenvalue weighted by molar-refractivity contribution is -0.137. The number of nitrogens with zero attached hydrogens (tertiary/aromatic N) is 1. The van der Waals surface area contributed by atoms with Gasteiger partial charge in [-0.25, -0.2) is 0 Å². The number of benzene rings is 1. The van der Waals surface area contributed by atoms with E-state index >= 15 is 0 Å². The Morgan fingerprint density at radius 2 is 1.86 bits per heavy atom. The van der Waals surface area contributed by atoms with E-state index in [1.54, 1.807) is 0 Å². The van der Waals surface area contributed by atoms with Crippen molar-refractivity contribution in [2.24, 2.45) is 10.7 Å². The third kappa shape index (κ3) is 8.13. The Labute approximate surface area is 140 Å². The van der Waals surface area contributed by atoms with Crippen molar-refractivity contribution < 1.29 is 13.2 Å². The summed E-state index contributed by atoms with van der Waals surface area (Å²) in [6.07, 6.45) is -1.64. The highest BCUT2D eigenvalue weighted by Crippen LogP contribution is 2.29. The van der Waals surface area contributed by atoms with Gasteiger partial charge in [-0.1, -0.05) is 25.5 Å². The molecule has 0 aromatic heterocycles. The van der Waals surface area contributed by atoms with Gasteiger partial charge in [0.05, 0.1) is 5.56 Å². The van der Waals surface area contributed by atoms with Crippen LogP contribution in [-0.4, -0.2) is 19.0 Å². The van der Waals surface area contributed by atoms with E-state index in [0.717, 1.165) is 30.5 Å². The van der Waals surface area contributed by atoms with Gasteiger partial charge in [-0.3, -0.25) is 4.99 Å². The molecule has 0 bridgehead atoms. The minimum atomic E-state index is -4.28. The first-order valence-corrected chi connectivity index (χ1v) is 6.63. The Kier molecular flexibility index (Phi) is 9.39. The molecule has 0 saturated heterocycles. The van der Waals surface area contributed by atoms with Crippen LogP contribution in [0.1, 0.15) is 30.9 Å². The summed E-state index contributed by atoms with van der Waals surface area (Å²) in [5.74, 6) is 0.380. The minimum absolute atomic E-state index is 0. The Balaban J connectivity index is 0.00000400. The third-order valence-electron chi connectivity index (χ3n) is 2.79. The highest BCUT2D eigenvalue weighted by Gasteiger charge is 2.29. The first-order chi connectivity index (χ1) is 9.43. The lowest BCUT2D eigenvalue weighted by atomic mass is 10.1. The van der Waals surface area contributed by atoms with Crippen LogP contribution in [0.3, 0.4) is 0 Å². The van der Waals surface area contributed by atoms with Crippen molar-refractivity contribution >= 4 is 29.9 Å². The minimum Gasteiger partial charge on any atom is -0.370 e. The highest BCUT2D eigenvalue weighted by molar-refractivity contribution is 14.0. The number of aliphatic imine (C=N–C) groups is 1. The van der Waals surface area contributed by atoms with Crippen molar-refractivity contribution in [3.63, 3.8) is 0 Å². The maximum atomic E-state index is 12.4. The fraction of sp³-hybridized carbons (Fsp3) is 0.500. The number of hydrogen-bond donors (Lipinski definition) is 2. The lowest BCUT2D eigenvalue weighted by Gasteiger charge is -2.08. The SMILES string of the molecule is CCCCN=C(N)NCCc1ccc(C(F)(F)F)cc1.I. The molecule has 0 radical (unpaired) electrons. The van der Waals surface area contributed by atoms with Crippen LogP contribution >= 0.6 is 24.0 Å². The van der Waals surface area contributed by atoms with Crippen LogP contribution in [0.5, 0.6) is 0 Å². The van der Waals surface area contributed by atoms with E-state index in [-0.39, 0.29) is 24.0 Å². The van der Waals surface area contributed by atoms with E-state index in [2.05, 4.69) is 17.2 Å². The Morgan fingerprint density at radius 1 is 1.24 bits per heavy atom. The fourth-order valence-electron chi connectivity index (χ4n) is 1.61. The molecule has 0 heterocycles. The molecular formula is C14H21F3IN3. The summed E-state index contributed by atoms with van der Waals surface area (Å²) in [6, 6.07) is 5.14. The van der Waals surface area contributed by atoms with Gasteiger partial charge in [0.2, 0.25) is 0 Å². The van der Waals surface area contributed by atoms with Gasteiger partial charge >= 0.3 is 6.18 Å². The molecule has 0 fully saturated rings. The van der Waals surface area contributed by atoms with Gasteiger partial charge in [0.1, 0.15) is 0 Å². The van der Waals surface area contributed by atoms with Crippen LogP contribution < -0.4 is 11.1 Å². The summed E-state index contributed by atoms with van der Waals surface area (Å²) in [5, 5.41) is 2.94. The topological polar surface area (TPSA) is 50.4 Å². The maximum absolute atomic E-state index is 12.4. The standard InChI is InChI=1S/C14H20F3N3.HI/c1-2-3-9-19-13(18)20-10-8-11-4-6-12(7-5-11)14(15,16)17;/h4-7H,2-3,8-10H2,1H3,(H3,18,19,20);1H.